The zero-order valence-electron chi connectivity index (χ0n) is 21.8. The van der Waals surface area contributed by atoms with Crippen molar-refractivity contribution in [1.29, 1.82) is 0 Å². The average molecular weight is 551 g/mol. The molecule has 0 spiro atoms. The van der Waals surface area contributed by atoms with Gasteiger partial charge in [-0.25, -0.2) is 0 Å². The molecule has 1 heterocycles. The molecule has 2 atom stereocenters. The van der Waals surface area contributed by atoms with Crippen molar-refractivity contribution in [2.45, 2.75) is 37.1 Å². The second kappa shape index (κ2) is 10.7. The number of likely N-dealkylation sites (N-methyl/N-ethyl adjacent to an activating group) is 1. The number of amides is 2. The molecule has 2 aliphatic rings. The minimum Gasteiger partial charge on any atom is -0.347 e. The lowest BCUT2D eigenvalue weighted by atomic mass is 9.80. The maximum atomic E-state index is 14.1. The smallest absolute Gasteiger partial charge is 0.237 e. The molecule has 198 valence electrons. The molecule has 38 heavy (non-hydrogen) atoms. The molecule has 0 aromatic heterocycles. The van der Waals surface area contributed by atoms with E-state index in [-0.39, 0.29) is 23.3 Å². The Morgan fingerprint density at radius 2 is 1.55 bits per heavy atom. The lowest BCUT2D eigenvalue weighted by Gasteiger charge is -2.43. The number of halogens is 2. The number of nitrogens with zero attached hydrogens (tertiary/aromatic N) is 2. The Morgan fingerprint density at radius 3 is 2.16 bits per heavy atom. The number of carbonyl (C=O) groups excluding carboxylic acids is 2. The van der Waals surface area contributed by atoms with Crippen molar-refractivity contribution < 1.29 is 9.59 Å². The van der Waals surface area contributed by atoms with Gasteiger partial charge in [-0.3, -0.25) is 9.59 Å². The SMILES string of the molecule is CC(=O)NC1(c2ccccc2)CCN(C[C@@H]2C[C@@]2(C(=O)N(C)c2ccccc2)c2ccc(Cl)c(Cl)c2)CC1. The predicted octanol–water partition coefficient (Wildman–Crippen LogP) is 6.04. The summed E-state index contributed by atoms with van der Waals surface area (Å²) in [6.45, 7) is 4.07. The van der Waals surface area contributed by atoms with Gasteiger partial charge in [-0.05, 0) is 60.6 Å². The summed E-state index contributed by atoms with van der Waals surface area (Å²) in [5.41, 5.74) is 1.91. The van der Waals surface area contributed by atoms with Crippen molar-refractivity contribution in [1.82, 2.24) is 10.2 Å². The van der Waals surface area contributed by atoms with Crippen LogP contribution >= 0.6 is 23.2 Å². The summed E-state index contributed by atoms with van der Waals surface area (Å²) >= 11 is 12.6. The topological polar surface area (TPSA) is 52.7 Å². The summed E-state index contributed by atoms with van der Waals surface area (Å²) in [4.78, 5) is 30.4. The van der Waals surface area contributed by atoms with Crippen molar-refractivity contribution in [2.75, 3.05) is 31.6 Å². The second-order valence-corrected chi connectivity index (χ2v) is 11.4. The van der Waals surface area contributed by atoms with Gasteiger partial charge in [-0.2, -0.15) is 0 Å². The number of benzene rings is 3. The molecule has 1 N–H and O–H groups in total. The fraction of sp³-hybridized carbons (Fsp3) is 0.355. The lowest BCUT2D eigenvalue weighted by molar-refractivity contribution is -0.122. The third-order valence-corrected chi connectivity index (χ3v) is 9.04. The molecule has 0 bridgehead atoms. The van der Waals surface area contributed by atoms with E-state index in [2.05, 4.69) is 22.3 Å². The molecular formula is C31H33Cl2N3O2. The van der Waals surface area contributed by atoms with Crippen LogP contribution in [0.3, 0.4) is 0 Å². The van der Waals surface area contributed by atoms with Crippen LogP contribution in [0.15, 0.2) is 78.9 Å². The number of hydrogen-bond donors (Lipinski definition) is 1. The van der Waals surface area contributed by atoms with E-state index in [1.165, 1.54) is 0 Å². The number of nitrogens with one attached hydrogen (secondary N) is 1. The highest BCUT2D eigenvalue weighted by atomic mass is 35.5. The average Bonchev–Trinajstić information content (AvgIpc) is 3.66. The van der Waals surface area contributed by atoms with Gasteiger partial charge in [0.25, 0.3) is 0 Å². The van der Waals surface area contributed by atoms with E-state index in [0.29, 0.717) is 10.0 Å². The lowest BCUT2D eigenvalue weighted by Crippen LogP contribution is -2.53. The molecule has 7 heteroatoms. The van der Waals surface area contributed by atoms with Crippen LogP contribution < -0.4 is 10.2 Å². The van der Waals surface area contributed by atoms with Gasteiger partial charge in [0.15, 0.2) is 0 Å². The van der Waals surface area contributed by atoms with Crippen LogP contribution in [0.25, 0.3) is 0 Å². The van der Waals surface area contributed by atoms with Gasteiger partial charge in [0.1, 0.15) is 0 Å². The number of likely N-dealkylation sites (tertiary alicyclic amines) is 1. The Morgan fingerprint density at radius 1 is 0.921 bits per heavy atom. The largest absolute Gasteiger partial charge is 0.347 e. The first-order valence-corrected chi connectivity index (χ1v) is 13.9. The third-order valence-electron chi connectivity index (χ3n) is 8.30. The Bertz CT molecular complexity index is 1310. The van der Waals surface area contributed by atoms with Gasteiger partial charge >= 0.3 is 0 Å². The summed E-state index contributed by atoms with van der Waals surface area (Å²) in [6, 6.07) is 25.6. The number of carbonyl (C=O) groups is 2. The number of piperidine rings is 1. The molecular weight excluding hydrogens is 517 g/mol. The van der Waals surface area contributed by atoms with E-state index in [1.807, 2.05) is 67.7 Å². The van der Waals surface area contributed by atoms with Crippen molar-refractivity contribution in [3.8, 4) is 0 Å². The maximum Gasteiger partial charge on any atom is 0.237 e. The highest BCUT2D eigenvalue weighted by Gasteiger charge is 2.62. The molecule has 1 aliphatic heterocycles. The molecule has 1 saturated heterocycles. The quantitative estimate of drug-likeness (QED) is 0.390. The molecule has 0 radical (unpaired) electrons. The maximum absolute atomic E-state index is 14.1. The van der Waals surface area contributed by atoms with Gasteiger partial charge in [0.2, 0.25) is 11.8 Å². The Balaban J connectivity index is 1.36. The van der Waals surface area contributed by atoms with E-state index in [4.69, 9.17) is 23.2 Å². The van der Waals surface area contributed by atoms with Gasteiger partial charge in [-0.1, -0.05) is 77.8 Å². The zero-order chi connectivity index (χ0) is 26.9. The minimum absolute atomic E-state index is 0.0160. The number of para-hydroxylation sites is 1. The molecule has 3 aromatic rings. The van der Waals surface area contributed by atoms with Crippen LogP contribution in [0.5, 0.6) is 0 Å². The highest BCUT2D eigenvalue weighted by molar-refractivity contribution is 6.42. The summed E-state index contributed by atoms with van der Waals surface area (Å²) in [6.07, 6.45) is 2.40. The van der Waals surface area contributed by atoms with E-state index in [1.54, 1.807) is 17.9 Å². The minimum atomic E-state index is -0.648. The Labute approximate surface area is 234 Å². The second-order valence-electron chi connectivity index (χ2n) is 10.6. The molecule has 0 unspecified atom stereocenters. The predicted molar refractivity (Wildman–Crippen MR) is 154 cm³/mol. The Kier molecular flexibility index (Phi) is 7.54. The monoisotopic (exact) mass is 549 g/mol. The van der Waals surface area contributed by atoms with Crippen LogP contribution in [-0.2, 0) is 20.5 Å². The fourth-order valence-corrected chi connectivity index (χ4v) is 6.44. The van der Waals surface area contributed by atoms with Crippen molar-refractivity contribution in [3.05, 3.63) is 100 Å². The van der Waals surface area contributed by atoms with Crippen LogP contribution in [-0.4, -0.2) is 43.4 Å². The summed E-state index contributed by atoms with van der Waals surface area (Å²) in [7, 11) is 1.84. The molecule has 1 aliphatic carbocycles. The first kappa shape index (κ1) is 26.7. The zero-order valence-corrected chi connectivity index (χ0v) is 23.3. The van der Waals surface area contributed by atoms with Gasteiger partial charge in [0.05, 0.1) is 21.0 Å². The van der Waals surface area contributed by atoms with E-state index >= 15 is 0 Å². The summed E-state index contributed by atoms with van der Waals surface area (Å²) < 4.78 is 0. The fourth-order valence-electron chi connectivity index (χ4n) is 6.14. The molecule has 2 amide bonds. The van der Waals surface area contributed by atoms with Gasteiger partial charge in [0, 0.05) is 39.3 Å². The molecule has 3 aromatic carbocycles. The number of hydrogen-bond acceptors (Lipinski definition) is 3. The first-order chi connectivity index (χ1) is 18.2. The van der Waals surface area contributed by atoms with E-state index in [9.17, 15) is 9.59 Å². The van der Waals surface area contributed by atoms with Crippen molar-refractivity contribution >= 4 is 40.7 Å². The highest BCUT2D eigenvalue weighted by Crippen LogP contribution is 2.57. The van der Waals surface area contributed by atoms with Crippen LogP contribution in [0.1, 0.15) is 37.3 Å². The molecule has 5 nitrogen and oxygen atoms in total. The van der Waals surface area contributed by atoms with Crippen molar-refractivity contribution in [2.24, 2.45) is 5.92 Å². The van der Waals surface area contributed by atoms with Gasteiger partial charge in [-0.15, -0.1) is 0 Å². The number of rotatable bonds is 7. The van der Waals surface area contributed by atoms with Crippen molar-refractivity contribution in [3.63, 3.8) is 0 Å². The third kappa shape index (κ3) is 5.07. The molecule has 2 fully saturated rings. The first-order valence-electron chi connectivity index (χ1n) is 13.1. The van der Waals surface area contributed by atoms with Gasteiger partial charge < -0.3 is 15.1 Å². The van der Waals surface area contributed by atoms with E-state index in [0.717, 1.165) is 55.7 Å². The standard InChI is InChI=1S/C31H33Cl2N3O2/c1-22(37)34-30(23-9-5-3-6-10-23)15-17-36(18-16-30)21-25-20-31(25,24-13-14-27(32)28(33)19-24)29(38)35(2)26-11-7-4-8-12-26/h3-14,19,25H,15-18,20-21H2,1-2H3,(H,34,37)/t25-,31+/m0/s1. The van der Waals surface area contributed by atoms with Crippen LogP contribution in [0, 0.1) is 5.92 Å². The summed E-state index contributed by atoms with van der Waals surface area (Å²) in [5, 5.41) is 4.20. The van der Waals surface area contributed by atoms with E-state index < -0.39 is 5.41 Å². The Hall–Kier alpha value is -2.86. The molecule has 5 rings (SSSR count). The van der Waals surface area contributed by atoms with Crippen LogP contribution in [0.4, 0.5) is 5.69 Å². The normalized spacial score (nSPS) is 22.5. The van der Waals surface area contributed by atoms with Crippen LogP contribution in [0.2, 0.25) is 10.0 Å². The molecule has 1 saturated carbocycles. The number of anilines is 1. The summed E-state index contributed by atoms with van der Waals surface area (Å²) in [5.74, 6) is 0.210.